The fourth-order valence-electron chi connectivity index (χ4n) is 6.92. The number of hydrogen-bond donors (Lipinski definition) is 1. The van der Waals surface area contributed by atoms with Crippen molar-refractivity contribution in [2.24, 2.45) is 0 Å². The molecule has 0 bridgehead atoms. The Labute approximate surface area is 210 Å². The fraction of sp³-hybridized carbons (Fsp3) is 0. The number of ketones is 2. The summed E-state index contributed by atoms with van der Waals surface area (Å²) in [7, 11) is 0. The highest BCUT2D eigenvalue weighted by Crippen LogP contribution is 2.51. The van der Waals surface area contributed by atoms with Gasteiger partial charge in [0, 0.05) is 38.6 Å². The Morgan fingerprint density at radius 3 is 1.51 bits per heavy atom. The molecule has 0 heterocycles. The van der Waals surface area contributed by atoms with Crippen LogP contribution >= 0.6 is 0 Å². The van der Waals surface area contributed by atoms with E-state index in [9.17, 15) is 14.7 Å². The maximum atomic E-state index is 13.6. The van der Waals surface area contributed by atoms with E-state index in [0.29, 0.717) is 16.7 Å². The molecule has 0 fully saturated rings. The minimum Gasteiger partial charge on any atom is -0.507 e. The Morgan fingerprint density at radius 2 is 0.865 bits per heavy atom. The number of carbonyl (C=O) groups excluding carboxylic acids is 2. The van der Waals surface area contributed by atoms with E-state index in [1.165, 1.54) is 0 Å². The molecule has 2 aliphatic rings. The first kappa shape index (κ1) is 19.2. The highest BCUT2D eigenvalue weighted by atomic mass is 16.3. The van der Waals surface area contributed by atoms with Crippen LogP contribution < -0.4 is 0 Å². The largest absolute Gasteiger partial charge is 0.507 e. The molecule has 3 nitrogen and oxygen atoms in total. The maximum Gasteiger partial charge on any atom is 0.194 e. The molecule has 37 heavy (non-hydrogen) atoms. The number of fused-ring (bicyclic) bond motifs is 6. The lowest BCUT2D eigenvalue weighted by Gasteiger charge is -2.25. The van der Waals surface area contributed by atoms with Crippen LogP contribution in [-0.2, 0) is 0 Å². The van der Waals surface area contributed by atoms with E-state index in [1.54, 1.807) is 18.2 Å². The van der Waals surface area contributed by atoms with E-state index in [2.05, 4.69) is 24.3 Å². The van der Waals surface area contributed by atoms with Crippen LogP contribution in [0.2, 0.25) is 0 Å². The molecular weight excluding hydrogens is 456 g/mol. The highest BCUT2D eigenvalue weighted by molar-refractivity contribution is 6.41. The minimum absolute atomic E-state index is 0.0560. The summed E-state index contributed by atoms with van der Waals surface area (Å²) in [4.78, 5) is 27.1. The van der Waals surface area contributed by atoms with Gasteiger partial charge in [-0.1, -0.05) is 72.8 Å². The zero-order valence-electron chi connectivity index (χ0n) is 19.4. The lowest BCUT2D eigenvalue weighted by Crippen LogP contribution is -2.11. The van der Waals surface area contributed by atoms with Crippen molar-refractivity contribution in [1.82, 2.24) is 0 Å². The number of carbonyl (C=O) groups is 2. The Balaban J connectivity index is 1.53. The summed E-state index contributed by atoms with van der Waals surface area (Å²) in [5, 5.41) is 19.0. The van der Waals surface area contributed by atoms with Crippen LogP contribution in [0.15, 0.2) is 91.0 Å². The molecule has 9 rings (SSSR count). The number of phenols is 1. The van der Waals surface area contributed by atoms with Gasteiger partial charge in [0.25, 0.3) is 0 Å². The lowest BCUT2D eigenvalue weighted by molar-refractivity contribution is 0.103. The first-order valence-electron chi connectivity index (χ1n) is 12.3. The molecule has 0 atom stereocenters. The Morgan fingerprint density at radius 1 is 0.378 bits per heavy atom. The molecular formula is C34H16O3. The molecule has 170 valence electrons. The fourth-order valence-corrected chi connectivity index (χ4v) is 6.92. The second-order valence-corrected chi connectivity index (χ2v) is 10.0. The van der Waals surface area contributed by atoms with Gasteiger partial charge in [0.1, 0.15) is 5.75 Å². The average Bonchev–Trinajstić information content (AvgIpc) is 2.94. The summed E-state index contributed by atoms with van der Waals surface area (Å²) in [5.74, 6) is 0.102. The molecule has 0 aliphatic heterocycles. The Kier molecular flexibility index (Phi) is 3.22. The molecule has 0 saturated carbocycles. The van der Waals surface area contributed by atoms with Crippen molar-refractivity contribution in [3.8, 4) is 28.0 Å². The van der Waals surface area contributed by atoms with Crippen LogP contribution in [0.4, 0.5) is 0 Å². The molecule has 7 aromatic carbocycles. The van der Waals surface area contributed by atoms with Crippen LogP contribution in [0.1, 0.15) is 31.8 Å². The van der Waals surface area contributed by atoms with Crippen molar-refractivity contribution in [3.63, 3.8) is 0 Å². The predicted octanol–water partition coefficient (Wildman–Crippen LogP) is 7.87. The van der Waals surface area contributed by atoms with E-state index >= 15 is 0 Å². The van der Waals surface area contributed by atoms with Gasteiger partial charge in [-0.15, -0.1) is 0 Å². The topological polar surface area (TPSA) is 54.4 Å². The molecule has 0 saturated heterocycles. The predicted molar refractivity (Wildman–Crippen MR) is 147 cm³/mol. The van der Waals surface area contributed by atoms with Crippen molar-refractivity contribution in [3.05, 3.63) is 113 Å². The third kappa shape index (κ3) is 2.07. The normalized spacial score (nSPS) is 13.6. The smallest absolute Gasteiger partial charge is 0.194 e. The number of phenolic OH excluding ortho intramolecular Hbond substituents is 1. The van der Waals surface area contributed by atoms with Crippen molar-refractivity contribution in [2.75, 3.05) is 0 Å². The van der Waals surface area contributed by atoms with E-state index in [1.807, 2.05) is 48.5 Å². The molecule has 3 heteroatoms. The highest BCUT2D eigenvalue weighted by Gasteiger charge is 2.31. The zero-order valence-corrected chi connectivity index (χ0v) is 19.4. The third-order valence-corrected chi connectivity index (χ3v) is 8.41. The minimum atomic E-state index is -0.0691. The van der Waals surface area contributed by atoms with Crippen LogP contribution in [-0.4, -0.2) is 16.7 Å². The molecule has 0 radical (unpaired) electrons. The number of aromatic hydroxyl groups is 1. The van der Waals surface area contributed by atoms with Crippen molar-refractivity contribution in [2.45, 2.75) is 0 Å². The van der Waals surface area contributed by atoms with E-state index in [4.69, 9.17) is 0 Å². The van der Waals surface area contributed by atoms with Gasteiger partial charge in [-0.2, -0.15) is 0 Å². The average molecular weight is 472 g/mol. The monoisotopic (exact) mass is 472 g/mol. The third-order valence-electron chi connectivity index (χ3n) is 8.41. The van der Waals surface area contributed by atoms with Crippen LogP contribution in [0.5, 0.6) is 5.75 Å². The zero-order chi connectivity index (χ0) is 24.6. The Hall–Kier alpha value is -5.02. The van der Waals surface area contributed by atoms with Crippen molar-refractivity contribution in [1.29, 1.82) is 0 Å². The quantitative estimate of drug-likeness (QED) is 0.180. The molecule has 0 aromatic heterocycles. The van der Waals surface area contributed by atoms with Gasteiger partial charge in [-0.25, -0.2) is 0 Å². The van der Waals surface area contributed by atoms with Gasteiger partial charge in [0.2, 0.25) is 0 Å². The summed E-state index contributed by atoms with van der Waals surface area (Å²) in [6.45, 7) is 0. The maximum absolute atomic E-state index is 13.6. The van der Waals surface area contributed by atoms with Gasteiger partial charge < -0.3 is 5.11 Å². The standard InChI is InChI=1S/C34H16O3/c35-27-7-3-6-24-28(27)23-13-10-19-18-9-8-17-16-4-1-2-5-22(16)33(36)25-14-11-20(29(18)31(17)25)21-12-15-26(34(24)37)32(23)30(19)21/h1-15,35H. The molecule has 1 N–H and O–H groups in total. The number of hydrogen-bond acceptors (Lipinski definition) is 3. The Bertz CT molecular complexity index is 2220. The molecule has 0 spiro atoms. The molecule has 2 aliphatic carbocycles. The van der Waals surface area contributed by atoms with Gasteiger partial charge >= 0.3 is 0 Å². The van der Waals surface area contributed by atoms with Crippen molar-refractivity contribution < 1.29 is 14.7 Å². The summed E-state index contributed by atoms with van der Waals surface area (Å²) in [6, 6.07) is 29.3. The summed E-state index contributed by atoms with van der Waals surface area (Å²) >= 11 is 0. The first-order valence-corrected chi connectivity index (χ1v) is 12.3. The van der Waals surface area contributed by atoms with Crippen LogP contribution in [0.3, 0.4) is 0 Å². The van der Waals surface area contributed by atoms with E-state index in [-0.39, 0.29) is 17.3 Å². The molecule has 0 amide bonds. The van der Waals surface area contributed by atoms with Gasteiger partial charge in [-0.3, -0.25) is 9.59 Å². The van der Waals surface area contributed by atoms with E-state index < -0.39 is 0 Å². The lowest BCUT2D eigenvalue weighted by atomic mass is 9.76. The SMILES string of the molecule is O=C1c2ccccc2-c2ccc3c4ccc5c6c(ccc(c7ccc1c2c73)c64)C(=O)c1cccc(O)c1-5. The molecule has 0 unspecified atom stereocenters. The molecule has 7 aromatic rings. The van der Waals surface area contributed by atoms with Crippen LogP contribution in [0.25, 0.3) is 65.3 Å². The number of benzene rings is 7. The van der Waals surface area contributed by atoms with Gasteiger partial charge in [0.05, 0.1) is 0 Å². The first-order chi connectivity index (χ1) is 18.1. The second kappa shape index (κ2) is 6.21. The van der Waals surface area contributed by atoms with Crippen molar-refractivity contribution >= 4 is 54.7 Å². The summed E-state index contributed by atoms with van der Waals surface area (Å²) < 4.78 is 0. The van der Waals surface area contributed by atoms with Crippen LogP contribution in [0, 0.1) is 0 Å². The summed E-state index contributed by atoms with van der Waals surface area (Å²) in [5.41, 5.74) is 6.19. The summed E-state index contributed by atoms with van der Waals surface area (Å²) in [6.07, 6.45) is 0. The number of rotatable bonds is 0. The second-order valence-electron chi connectivity index (χ2n) is 10.0. The van der Waals surface area contributed by atoms with Gasteiger partial charge in [0.15, 0.2) is 11.6 Å². The van der Waals surface area contributed by atoms with Gasteiger partial charge in [-0.05, 0) is 67.2 Å². The van der Waals surface area contributed by atoms with E-state index in [0.717, 1.165) is 70.9 Å².